The number of imidazole rings is 1. The maximum Gasteiger partial charge on any atom is 0.271 e. The summed E-state index contributed by atoms with van der Waals surface area (Å²) in [4.78, 5) is 31.7. The number of rotatable bonds is 4. The first-order valence-electron chi connectivity index (χ1n) is 10.4. The first-order chi connectivity index (χ1) is 13.7. The van der Waals surface area contributed by atoms with Crippen LogP contribution in [0.15, 0.2) is 42.7 Å². The van der Waals surface area contributed by atoms with Gasteiger partial charge in [-0.15, -0.1) is 0 Å². The minimum absolute atomic E-state index is 0.129. The monoisotopic (exact) mass is 378 g/mol. The Morgan fingerprint density at radius 2 is 2.00 bits per heavy atom. The Morgan fingerprint density at radius 1 is 1.14 bits per heavy atom. The molecule has 1 saturated heterocycles. The average molecular weight is 378 g/mol. The van der Waals surface area contributed by atoms with E-state index < -0.39 is 0 Å². The van der Waals surface area contributed by atoms with E-state index in [0.717, 1.165) is 38.0 Å². The molecule has 3 aliphatic rings. The van der Waals surface area contributed by atoms with Crippen molar-refractivity contribution in [1.29, 1.82) is 0 Å². The van der Waals surface area contributed by atoms with Crippen LogP contribution < -0.4 is 5.32 Å². The number of nitrogens with one attached hydrogen (secondary N) is 1. The van der Waals surface area contributed by atoms with Crippen LogP contribution in [0.2, 0.25) is 0 Å². The van der Waals surface area contributed by atoms with Crippen molar-refractivity contribution < 1.29 is 9.59 Å². The molecule has 5 rings (SSSR count). The van der Waals surface area contributed by atoms with Crippen molar-refractivity contribution in [1.82, 2.24) is 19.6 Å². The van der Waals surface area contributed by atoms with Gasteiger partial charge in [0.2, 0.25) is 5.91 Å². The smallest absolute Gasteiger partial charge is 0.271 e. The molecule has 3 atom stereocenters. The predicted octanol–water partition coefficient (Wildman–Crippen LogP) is 2.51. The second kappa shape index (κ2) is 7.08. The van der Waals surface area contributed by atoms with Crippen molar-refractivity contribution in [2.24, 2.45) is 23.7 Å². The third kappa shape index (κ3) is 3.21. The highest BCUT2D eigenvalue weighted by molar-refractivity contribution is 5.92. The van der Waals surface area contributed by atoms with E-state index in [4.69, 9.17) is 0 Å². The lowest BCUT2D eigenvalue weighted by Gasteiger charge is -2.34. The molecule has 0 unspecified atom stereocenters. The Hall–Kier alpha value is -2.63. The molecular formula is C22H26N4O2. The molecule has 1 aliphatic heterocycles. The van der Waals surface area contributed by atoms with Gasteiger partial charge in [-0.25, -0.2) is 4.98 Å². The van der Waals surface area contributed by atoms with Crippen LogP contribution in [0.5, 0.6) is 0 Å². The molecule has 2 aromatic rings. The average Bonchev–Trinajstić information content (AvgIpc) is 3.46. The van der Waals surface area contributed by atoms with E-state index in [-0.39, 0.29) is 11.8 Å². The summed E-state index contributed by atoms with van der Waals surface area (Å²) in [5, 5.41) is 3.02. The molecule has 2 bridgehead atoms. The summed E-state index contributed by atoms with van der Waals surface area (Å²) in [6, 6.07) is 5.71. The number of carbonyl (C=O) groups is 2. The molecule has 6 heteroatoms. The maximum atomic E-state index is 12.8. The topological polar surface area (TPSA) is 66.7 Å². The minimum Gasteiger partial charge on any atom is -0.350 e. The molecule has 146 valence electrons. The number of amides is 2. The number of nitrogens with zero attached hydrogens (tertiary/aromatic N) is 3. The van der Waals surface area contributed by atoms with Gasteiger partial charge in [-0.3, -0.25) is 9.59 Å². The molecule has 28 heavy (non-hydrogen) atoms. The fourth-order valence-electron chi connectivity index (χ4n) is 5.03. The van der Waals surface area contributed by atoms with Gasteiger partial charge in [-0.1, -0.05) is 18.2 Å². The normalized spacial score (nSPS) is 26.9. The van der Waals surface area contributed by atoms with Gasteiger partial charge in [0.25, 0.3) is 5.91 Å². The Balaban J connectivity index is 1.11. The molecule has 1 N–H and O–H groups in total. The summed E-state index contributed by atoms with van der Waals surface area (Å²) < 4.78 is 1.85. The van der Waals surface area contributed by atoms with E-state index in [1.54, 1.807) is 6.20 Å². The van der Waals surface area contributed by atoms with Gasteiger partial charge in [-0.05, 0) is 55.6 Å². The Kier molecular flexibility index (Phi) is 4.41. The standard InChI is InChI=1S/C22H26N4O2/c27-21(19-14-26-8-2-1-3-20(26)24-19)23-13-15-6-9-25(10-7-15)22(28)18-12-16-4-5-17(18)11-16/h1-5,8,14-18H,6-7,9-13H2,(H,23,27)/t16-,17+,18-/m1/s1. The first-order valence-corrected chi connectivity index (χ1v) is 10.4. The summed E-state index contributed by atoms with van der Waals surface area (Å²) in [5.74, 6) is 1.96. The van der Waals surface area contributed by atoms with Crippen LogP contribution in [0.4, 0.5) is 0 Å². The van der Waals surface area contributed by atoms with Crippen molar-refractivity contribution in [3.8, 4) is 0 Å². The number of hydrogen-bond acceptors (Lipinski definition) is 3. The lowest BCUT2D eigenvalue weighted by Crippen LogP contribution is -2.44. The molecule has 0 spiro atoms. The van der Waals surface area contributed by atoms with Crippen LogP contribution in [0, 0.1) is 23.7 Å². The van der Waals surface area contributed by atoms with Crippen LogP contribution in [0.1, 0.15) is 36.2 Å². The second-order valence-electron chi connectivity index (χ2n) is 8.46. The van der Waals surface area contributed by atoms with Gasteiger partial charge in [-0.2, -0.15) is 0 Å². The molecule has 2 aromatic heterocycles. The molecule has 0 radical (unpaired) electrons. The SMILES string of the molecule is O=C(NCC1CCN(C(=O)[C@@H]2C[C@@H]3C=C[C@H]2C3)CC1)c1cn2ccccc2n1. The number of likely N-dealkylation sites (tertiary alicyclic amines) is 1. The Bertz CT molecular complexity index is 893. The third-order valence-electron chi connectivity index (χ3n) is 6.67. The van der Waals surface area contributed by atoms with Crippen molar-refractivity contribution in [2.75, 3.05) is 19.6 Å². The van der Waals surface area contributed by atoms with Crippen molar-refractivity contribution in [3.63, 3.8) is 0 Å². The molecule has 3 heterocycles. The van der Waals surface area contributed by atoms with Gasteiger partial charge in [0.05, 0.1) is 0 Å². The van der Waals surface area contributed by atoms with E-state index in [2.05, 4.69) is 27.4 Å². The highest BCUT2D eigenvalue weighted by Crippen LogP contribution is 2.44. The molecule has 6 nitrogen and oxygen atoms in total. The van der Waals surface area contributed by atoms with Crippen LogP contribution in [0.25, 0.3) is 5.65 Å². The van der Waals surface area contributed by atoms with Crippen LogP contribution in [-0.2, 0) is 4.79 Å². The number of fused-ring (bicyclic) bond motifs is 3. The summed E-state index contributed by atoms with van der Waals surface area (Å²) in [5.41, 5.74) is 1.22. The number of piperidine rings is 1. The van der Waals surface area contributed by atoms with Gasteiger partial charge < -0.3 is 14.6 Å². The molecule has 2 aliphatic carbocycles. The van der Waals surface area contributed by atoms with Crippen LogP contribution in [0.3, 0.4) is 0 Å². The van der Waals surface area contributed by atoms with Crippen molar-refractivity contribution in [2.45, 2.75) is 25.7 Å². The molecule has 1 saturated carbocycles. The maximum absolute atomic E-state index is 12.8. The number of aromatic nitrogens is 2. The molecule has 2 fully saturated rings. The highest BCUT2D eigenvalue weighted by atomic mass is 16.2. The number of carbonyl (C=O) groups excluding carboxylic acids is 2. The zero-order valence-corrected chi connectivity index (χ0v) is 16.0. The first kappa shape index (κ1) is 17.5. The van der Waals surface area contributed by atoms with Crippen LogP contribution in [-0.4, -0.2) is 45.7 Å². The number of pyridine rings is 1. The van der Waals surface area contributed by atoms with Crippen molar-refractivity contribution >= 4 is 17.5 Å². The van der Waals surface area contributed by atoms with Crippen molar-refractivity contribution in [3.05, 3.63) is 48.4 Å². The summed E-state index contributed by atoms with van der Waals surface area (Å²) in [7, 11) is 0. The lowest BCUT2D eigenvalue weighted by atomic mass is 9.90. The third-order valence-corrected chi connectivity index (χ3v) is 6.67. The fourth-order valence-corrected chi connectivity index (χ4v) is 5.03. The van der Waals surface area contributed by atoms with Gasteiger partial charge in [0.15, 0.2) is 0 Å². The van der Waals surface area contributed by atoms with E-state index in [1.807, 2.05) is 28.8 Å². The quantitative estimate of drug-likeness (QED) is 0.832. The highest BCUT2D eigenvalue weighted by Gasteiger charge is 2.41. The molecule has 0 aromatic carbocycles. The van der Waals surface area contributed by atoms with Gasteiger partial charge >= 0.3 is 0 Å². The lowest BCUT2D eigenvalue weighted by molar-refractivity contribution is -0.137. The predicted molar refractivity (Wildman–Crippen MR) is 106 cm³/mol. The van der Waals surface area contributed by atoms with E-state index >= 15 is 0 Å². The number of allylic oxidation sites excluding steroid dienone is 2. The van der Waals surface area contributed by atoms with Crippen LogP contribution >= 0.6 is 0 Å². The largest absolute Gasteiger partial charge is 0.350 e. The van der Waals surface area contributed by atoms with E-state index in [1.165, 1.54) is 6.42 Å². The number of hydrogen-bond donors (Lipinski definition) is 1. The zero-order chi connectivity index (χ0) is 19.1. The Labute approximate surface area is 164 Å². The van der Waals surface area contributed by atoms with E-state index in [0.29, 0.717) is 35.9 Å². The fraction of sp³-hybridized carbons (Fsp3) is 0.500. The second-order valence-corrected chi connectivity index (χ2v) is 8.46. The molecular weight excluding hydrogens is 352 g/mol. The van der Waals surface area contributed by atoms with Gasteiger partial charge in [0, 0.05) is 37.9 Å². The minimum atomic E-state index is -0.129. The van der Waals surface area contributed by atoms with E-state index in [9.17, 15) is 9.59 Å². The van der Waals surface area contributed by atoms with Gasteiger partial charge in [0.1, 0.15) is 11.3 Å². The zero-order valence-electron chi connectivity index (χ0n) is 16.0. The Morgan fingerprint density at radius 3 is 2.71 bits per heavy atom. The summed E-state index contributed by atoms with van der Waals surface area (Å²) in [6.45, 7) is 2.27. The molecule has 2 amide bonds. The summed E-state index contributed by atoms with van der Waals surface area (Å²) in [6.07, 6.45) is 12.3. The summed E-state index contributed by atoms with van der Waals surface area (Å²) >= 11 is 0.